The van der Waals surface area contributed by atoms with Gasteiger partial charge in [0.05, 0.1) is 24.2 Å². The first-order chi connectivity index (χ1) is 10.1. The quantitative estimate of drug-likeness (QED) is 0.902. The molecule has 2 heterocycles. The number of sulfonamides is 1. The molecule has 2 N–H and O–H groups in total. The van der Waals surface area contributed by atoms with Crippen molar-refractivity contribution in [1.82, 2.24) is 4.72 Å². The summed E-state index contributed by atoms with van der Waals surface area (Å²) >= 11 is 1.23. The molecule has 112 valence electrons. The summed E-state index contributed by atoms with van der Waals surface area (Å²) in [6.07, 6.45) is 0.578. The summed E-state index contributed by atoms with van der Waals surface area (Å²) in [5, 5.41) is 10.9. The highest BCUT2D eigenvalue weighted by molar-refractivity contribution is 7.89. The lowest BCUT2D eigenvalue weighted by Crippen LogP contribution is -2.32. The standard InChI is InChI=1S/C14H15NO4S2/c16-9-13-14(6-8-20-13)21(17,18)15-11-5-7-19-12-4-2-1-3-10(11)12/h1-4,6,8,11,15-16H,5,7,9H2. The minimum absolute atomic E-state index is 0.152. The predicted molar refractivity (Wildman–Crippen MR) is 79.9 cm³/mol. The van der Waals surface area contributed by atoms with Crippen LogP contribution in [0, 0.1) is 0 Å². The number of fused-ring (bicyclic) bond motifs is 1. The highest BCUT2D eigenvalue weighted by Gasteiger charge is 2.28. The number of nitrogens with one attached hydrogen (secondary N) is 1. The van der Waals surface area contributed by atoms with Crippen molar-refractivity contribution in [2.45, 2.75) is 24.0 Å². The van der Waals surface area contributed by atoms with Crippen molar-refractivity contribution in [3.8, 4) is 5.75 Å². The molecule has 2 aromatic rings. The molecule has 0 aliphatic carbocycles. The average molecular weight is 325 g/mol. The summed E-state index contributed by atoms with van der Waals surface area (Å²) < 4.78 is 33.2. The Hall–Kier alpha value is -1.41. The number of aliphatic hydroxyl groups is 1. The smallest absolute Gasteiger partial charge is 0.242 e. The molecule has 1 aliphatic heterocycles. The summed E-state index contributed by atoms with van der Waals surface area (Å²) in [5.74, 6) is 0.712. The molecule has 7 heteroatoms. The van der Waals surface area contributed by atoms with E-state index in [0.29, 0.717) is 23.7 Å². The fourth-order valence-corrected chi connectivity index (χ4v) is 4.94. The van der Waals surface area contributed by atoms with Gasteiger partial charge >= 0.3 is 0 Å². The first-order valence-corrected chi connectivity index (χ1v) is 8.89. The molecule has 3 rings (SSSR count). The third-order valence-corrected chi connectivity index (χ3v) is 5.98. The number of ether oxygens (including phenoxy) is 1. The molecule has 21 heavy (non-hydrogen) atoms. The lowest BCUT2D eigenvalue weighted by Gasteiger charge is -2.26. The lowest BCUT2D eigenvalue weighted by molar-refractivity contribution is 0.263. The van der Waals surface area contributed by atoms with Gasteiger partial charge in [0.1, 0.15) is 5.75 Å². The molecule has 0 amide bonds. The van der Waals surface area contributed by atoms with E-state index in [0.717, 1.165) is 5.56 Å². The molecule has 1 atom stereocenters. The Bertz CT molecular complexity index is 739. The number of benzene rings is 1. The Morgan fingerprint density at radius 1 is 1.33 bits per heavy atom. The zero-order valence-corrected chi connectivity index (χ0v) is 12.8. The summed E-state index contributed by atoms with van der Waals surface area (Å²) in [7, 11) is -3.66. The largest absolute Gasteiger partial charge is 0.493 e. The van der Waals surface area contributed by atoms with E-state index in [1.807, 2.05) is 24.3 Å². The molecule has 1 unspecified atom stereocenters. The number of para-hydroxylation sites is 1. The minimum atomic E-state index is -3.66. The van der Waals surface area contributed by atoms with Crippen LogP contribution < -0.4 is 9.46 Å². The Labute approximate surface area is 127 Å². The SMILES string of the molecule is O=S(=O)(NC1CCOc2ccccc21)c1ccsc1CO. The van der Waals surface area contributed by atoms with Gasteiger partial charge in [-0.2, -0.15) is 0 Å². The van der Waals surface area contributed by atoms with E-state index in [-0.39, 0.29) is 17.5 Å². The Balaban J connectivity index is 1.91. The van der Waals surface area contributed by atoms with Gasteiger partial charge in [0, 0.05) is 16.9 Å². The third-order valence-electron chi connectivity index (χ3n) is 3.39. The summed E-state index contributed by atoms with van der Waals surface area (Å²) in [5.41, 5.74) is 0.841. The van der Waals surface area contributed by atoms with Crippen molar-refractivity contribution < 1.29 is 18.3 Å². The van der Waals surface area contributed by atoms with Crippen LogP contribution in [0.5, 0.6) is 5.75 Å². The monoisotopic (exact) mass is 325 g/mol. The van der Waals surface area contributed by atoms with Crippen molar-refractivity contribution in [2.75, 3.05) is 6.61 Å². The molecule has 1 aromatic carbocycles. The van der Waals surface area contributed by atoms with E-state index in [4.69, 9.17) is 4.74 Å². The highest BCUT2D eigenvalue weighted by atomic mass is 32.2. The van der Waals surface area contributed by atoms with Crippen LogP contribution in [0.1, 0.15) is 22.9 Å². The fourth-order valence-electron chi connectivity index (χ4n) is 2.40. The summed E-state index contributed by atoms with van der Waals surface area (Å²) in [4.78, 5) is 0.599. The molecule has 0 saturated carbocycles. The van der Waals surface area contributed by atoms with Gasteiger partial charge in [-0.15, -0.1) is 11.3 Å². The van der Waals surface area contributed by atoms with E-state index in [2.05, 4.69) is 4.72 Å². The topological polar surface area (TPSA) is 75.6 Å². The van der Waals surface area contributed by atoms with Gasteiger partial charge in [0.2, 0.25) is 10.0 Å². The van der Waals surface area contributed by atoms with Crippen molar-refractivity contribution in [1.29, 1.82) is 0 Å². The fraction of sp³-hybridized carbons (Fsp3) is 0.286. The molecule has 0 fully saturated rings. The van der Waals surface area contributed by atoms with Crippen LogP contribution in [0.2, 0.25) is 0 Å². The molecule has 1 aliphatic rings. The van der Waals surface area contributed by atoms with Crippen LogP contribution in [0.3, 0.4) is 0 Å². The van der Waals surface area contributed by atoms with Gasteiger partial charge in [-0.05, 0) is 17.5 Å². The zero-order chi connectivity index (χ0) is 14.9. The van der Waals surface area contributed by atoms with Crippen molar-refractivity contribution >= 4 is 21.4 Å². The van der Waals surface area contributed by atoms with Gasteiger partial charge in [-0.3, -0.25) is 0 Å². The molecule has 0 bridgehead atoms. The Morgan fingerprint density at radius 2 is 2.14 bits per heavy atom. The van der Waals surface area contributed by atoms with Crippen molar-refractivity contribution in [3.63, 3.8) is 0 Å². The number of hydrogen-bond donors (Lipinski definition) is 2. The van der Waals surface area contributed by atoms with Gasteiger partial charge in [-0.25, -0.2) is 13.1 Å². The molecule has 0 saturated heterocycles. The minimum Gasteiger partial charge on any atom is -0.493 e. The highest BCUT2D eigenvalue weighted by Crippen LogP contribution is 2.33. The van der Waals surface area contributed by atoms with Gasteiger partial charge in [-0.1, -0.05) is 18.2 Å². The maximum Gasteiger partial charge on any atom is 0.242 e. The Kier molecular flexibility index (Phi) is 3.99. The van der Waals surface area contributed by atoms with Crippen molar-refractivity contribution in [3.05, 3.63) is 46.2 Å². The number of hydrogen-bond acceptors (Lipinski definition) is 5. The molecule has 0 radical (unpaired) electrons. The molecule has 5 nitrogen and oxygen atoms in total. The maximum atomic E-state index is 12.5. The second kappa shape index (κ2) is 5.76. The van der Waals surface area contributed by atoms with E-state index in [1.54, 1.807) is 5.38 Å². The Morgan fingerprint density at radius 3 is 2.95 bits per heavy atom. The van der Waals surface area contributed by atoms with Crippen LogP contribution in [0.15, 0.2) is 40.6 Å². The predicted octanol–water partition coefficient (Wildman–Crippen LogP) is 2.04. The van der Waals surface area contributed by atoms with E-state index in [9.17, 15) is 13.5 Å². The number of rotatable bonds is 4. The summed E-state index contributed by atoms with van der Waals surface area (Å²) in [6, 6.07) is 8.62. The molecular weight excluding hydrogens is 310 g/mol. The van der Waals surface area contributed by atoms with Crippen molar-refractivity contribution in [2.24, 2.45) is 0 Å². The first kappa shape index (κ1) is 14.5. The lowest BCUT2D eigenvalue weighted by atomic mass is 10.0. The maximum absolute atomic E-state index is 12.5. The molecule has 0 spiro atoms. The van der Waals surface area contributed by atoms with E-state index < -0.39 is 10.0 Å². The van der Waals surface area contributed by atoms with Crippen LogP contribution in [-0.4, -0.2) is 20.1 Å². The molecular formula is C14H15NO4S2. The normalized spacial score (nSPS) is 18.0. The summed E-state index contributed by atoms with van der Waals surface area (Å²) in [6.45, 7) is 0.193. The number of thiophene rings is 1. The van der Waals surface area contributed by atoms with Crippen LogP contribution in [-0.2, 0) is 16.6 Å². The van der Waals surface area contributed by atoms with Crippen LogP contribution >= 0.6 is 11.3 Å². The molecule has 1 aromatic heterocycles. The van der Waals surface area contributed by atoms with Crippen LogP contribution in [0.4, 0.5) is 0 Å². The second-order valence-corrected chi connectivity index (χ2v) is 7.40. The zero-order valence-electron chi connectivity index (χ0n) is 11.2. The van der Waals surface area contributed by atoms with Crippen LogP contribution in [0.25, 0.3) is 0 Å². The van der Waals surface area contributed by atoms with E-state index in [1.165, 1.54) is 17.4 Å². The second-order valence-electron chi connectivity index (χ2n) is 4.71. The first-order valence-electron chi connectivity index (χ1n) is 6.53. The van der Waals surface area contributed by atoms with Gasteiger partial charge < -0.3 is 9.84 Å². The van der Waals surface area contributed by atoms with Gasteiger partial charge in [0.15, 0.2) is 0 Å². The number of aliphatic hydroxyl groups excluding tert-OH is 1. The van der Waals surface area contributed by atoms with E-state index >= 15 is 0 Å². The average Bonchev–Trinajstić information content (AvgIpc) is 2.97. The third kappa shape index (κ3) is 2.82. The van der Waals surface area contributed by atoms with Gasteiger partial charge in [0.25, 0.3) is 0 Å².